The van der Waals surface area contributed by atoms with Crippen LogP contribution in [0, 0.1) is 11.3 Å². The molecule has 42 heavy (non-hydrogen) atoms. The summed E-state index contributed by atoms with van der Waals surface area (Å²) in [4.78, 5) is 14.5. The molecule has 7 rings (SSSR count). The topological polar surface area (TPSA) is 62.5 Å². The van der Waals surface area contributed by atoms with E-state index in [1.54, 1.807) is 0 Å². The minimum absolute atomic E-state index is 0.627. The van der Waals surface area contributed by atoms with Crippen molar-refractivity contribution in [3.63, 3.8) is 0 Å². The molecule has 6 aromatic carbocycles. The Kier molecular flexibility index (Phi) is 6.52. The van der Waals surface area contributed by atoms with Gasteiger partial charge in [-0.2, -0.15) is 5.26 Å². The Labute approximate surface area is 244 Å². The van der Waals surface area contributed by atoms with Crippen molar-refractivity contribution in [1.29, 1.82) is 5.26 Å². The summed E-state index contributed by atoms with van der Waals surface area (Å²) in [6, 6.07) is 51.2. The monoisotopic (exact) mass is 536 g/mol. The van der Waals surface area contributed by atoms with Crippen LogP contribution in [0.4, 0.5) is 0 Å². The maximum Gasteiger partial charge on any atom is 0.164 e. The summed E-state index contributed by atoms with van der Waals surface area (Å²) in [5.41, 5.74) is 7.76. The van der Waals surface area contributed by atoms with Gasteiger partial charge >= 0.3 is 0 Å². The van der Waals surface area contributed by atoms with Crippen molar-refractivity contribution in [2.24, 2.45) is 0 Å². The molecule has 0 aliphatic heterocycles. The van der Waals surface area contributed by atoms with Crippen LogP contribution < -0.4 is 0 Å². The molecule has 0 radical (unpaired) electrons. The van der Waals surface area contributed by atoms with Crippen molar-refractivity contribution >= 4 is 10.8 Å². The number of nitriles is 1. The van der Waals surface area contributed by atoms with Crippen LogP contribution in [0.1, 0.15) is 5.56 Å². The molecule has 0 N–H and O–H groups in total. The third kappa shape index (κ3) is 4.92. The number of nitrogens with zero attached hydrogens (tertiary/aromatic N) is 4. The third-order valence-corrected chi connectivity index (χ3v) is 7.34. The van der Waals surface area contributed by atoms with Gasteiger partial charge in [0, 0.05) is 16.7 Å². The Bertz CT molecular complexity index is 2020. The highest BCUT2D eigenvalue weighted by Crippen LogP contribution is 2.35. The van der Waals surface area contributed by atoms with Gasteiger partial charge in [-0.3, -0.25) is 0 Å². The molecule has 0 saturated carbocycles. The molecule has 1 heterocycles. The van der Waals surface area contributed by atoms with E-state index in [4.69, 9.17) is 15.0 Å². The largest absolute Gasteiger partial charge is 0.208 e. The molecule has 0 atom stereocenters. The molecule has 0 saturated heterocycles. The maximum atomic E-state index is 9.47. The van der Waals surface area contributed by atoms with E-state index in [2.05, 4.69) is 72.8 Å². The van der Waals surface area contributed by atoms with Gasteiger partial charge in [-0.05, 0) is 57.3 Å². The fourth-order valence-corrected chi connectivity index (χ4v) is 5.22. The zero-order valence-electron chi connectivity index (χ0n) is 22.6. The van der Waals surface area contributed by atoms with E-state index in [9.17, 15) is 5.26 Å². The smallest absolute Gasteiger partial charge is 0.164 e. The molecule has 4 nitrogen and oxygen atoms in total. The van der Waals surface area contributed by atoms with Gasteiger partial charge < -0.3 is 0 Å². The normalized spacial score (nSPS) is 10.8. The molecular weight excluding hydrogens is 512 g/mol. The average molecular weight is 537 g/mol. The van der Waals surface area contributed by atoms with Gasteiger partial charge in [-0.15, -0.1) is 0 Å². The van der Waals surface area contributed by atoms with E-state index in [1.165, 1.54) is 0 Å². The highest BCUT2D eigenvalue weighted by Gasteiger charge is 2.13. The lowest BCUT2D eigenvalue weighted by atomic mass is 9.92. The van der Waals surface area contributed by atoms with Crippen molar-refractivity contribution in [1.82, 2.24) is 15.0 Å². The lowest BCUT2D eigenvalue weighted by Gasteiger charge is -2.12. The van der Waals surface area contributed by atoms with E-state index in [0.717, 1.165) is 49.7 Å². The summed E-state index contributed by atoms with van der Waals surface area (Å²) < 4.78 is 0. The first-order chi connectivity index (χ1) is 20.7. The first-order valence-corrected chi connectivity index (χ1v) is 13.8. The molecular formula is C38H24N4. The van der Waals surface area contributed by atoms with E-state index in [1.807, 2.05) is 78.9 Å². The highest BCUT2D eigenvalue weighted by atomic mass is 15.0. The van der Waals surface area contributed by atoms with Gasteiger partial charge in [0.1, 0.15) is 0 Å². The summed E-state index contributed by atoms with van der Waals surface area (Å²) in [5, 5.41) is 11.8. The van der Waals surface area contributed by atoms with Gasteiger partial charge in [0.2, 0.25) is 0 Å². The molecule has 0 aliphatic carbocycles. The Balaban J connectivity index is 1.32. The van der Waals surface area contributed by atoms with Crippen LogP contribution in [-0.4, -0.2) is 15.0 Å². The summed E-state index contributed by atoms with van der Waals surface area (Å²) >= 11 is 0. The Morgan fingerprint density at radius 2 is 0.929 bits per heavy atom. The van der Waals surface area contributed by atoms with E-state index < -0.39 is 0 Å². The lowest BCUT2D eigenvalue weighted by molar-refractivity contribution is 1.07. The minimum atomic E-state index is 0.627. The van der Waals surface area contributed by atoms with E-state index >= 15 is 0 Å². The zero-order valence-corrected chi connectivity index (χ0v) is 22.6. The molecule has 0 aliphatic rings. The van der Waals surface area contributed by atoms with Crippen molar-refractivity contribution in [2.75, 3.05) is 0 Å². The summed E-state index contributed by atoms with van der Waals surface area (Å²) in [5.74, 6) is 1.91. The van der Waals surface area contributed by atoms with Gasteiger partial charge in [0.25, 0.3) is 0 Å². The number of aromatic nitrogens is 3. The number of fused-ring (bicyclic) bond motifs is 1. The van der Waals surface area contributed by atoms with Crippen molar-refractivity contribution in [3.05, 3.63) is 151 Å². The van der Waals surface area contributed by atoms with Gasteiger partial charge in [0.15, 0.2) is 17.5 Å². The van der Waals surface area contributed by atoms with Gasteiger partial charge in [-0.1, -0.05) is 121 Å². The molecule has 0 fully saturated rings. The second-order valence-corrected chi connectivity index (χ2v) is 10.1. The molecule has 0 unspecified atom stereocenters. The predicted octanol–water partition coefficient (Wildman–Crippen LogP) is 9.23. The maximum absolute atomic E-state index is 9.47. The minimum Gasteiger partial charge on any atom is -0.208 e. The highest BCUT2D eigenvalue weighted by molar-refractivity contribution is 6.00. The average Bonchev–Trinajstić information content (AvgIpc) is 3.08. The molecule has 196 valence electrons. The molecule has 0 bridgehead atoms. The zero-order chi connectivity index (χ0) is 28.3. The van der Waals surface area contributed by atoms with E-state index in [0.29, 0.717) is 23.0 Å². The first kappa shape index (κ1) is 25.1. The van der Waals surface area contributed by atoms with Crippen molar-refractivity contribution in [2.45, 2.75) is 0 Å². The second-order valence-electron chi connectivity index (χ2n) is 10.1. The molecule has 1 aromatic heterocycles. The number of rotatable bonds is 5. The van der Waals surface area contributed by atoms with Crippen LogP contribution >= 0.6 is 0 Å². The van der Waals surface area contributed by atoms with Crippen molar-refractivity contribution in [3.8, 4) is 62.5 Å². The molecule has 0 spiro atoms. The number of hydrogen-bond donors (Lipinski definition) is 0. The Hall–Kier alpha value is -5.92. The molecule has 4 heteroatoms. The summed E-state index contributed by atoms with van der Waals surface area (Å²) in [6.45, 7) is 0. The quantitative estimate of drug-likeness (QED) is 0.220. The second kappa shape index (κ2) is 10.9. The predicted molar refractivity (Wildman–Crippen MR) is 169 cm³/mol. The first-order valence-electron chi connectivity index (χ1n) is 13.8. The van der Waals surface area contributed by atoms with E-state index in [-0.39, 0.29) is 0 Å². The fraction of sp³-hybridized carbons (Fsp3) is 0. The van der Waals surface area contributed by atoms with Crippen LogP contribution in [0.15, 0.2) is 146 Å². The standard InChI is InChI=1S/C38H24N4/c39-25-26-10-9-16-31(22-26)35-24-33(23-32-15-7-8-17-34(32)35)27-18-20-30(21-19-27)38-41-36(28-11-3-1-4-12-28)40-37(42-38)29-13-5-2-6-14-29/h1-24H. The molecule has 0 amide bonds. The summed E-state index contributed by atoms with van der Waals surface area (Å²) in [7, 11) is 0. The van der Waals surface area contributed by atoms with Crippen LogP contribution in [0.2, 0.25) is 0 Å². The van der Waals surface area contributed by atoms with Gasteiger partial charge in [0.05, 0.1) is 11.6 Å². The number of hydrogen-bond acceptors (Lipinski definition) is 4. The third-order valence-electron chi connectivity index (χ3n) is 7.34. The van der Waals surface area contributed by atoms with Crippen LogP contribution in [0.3, 0.4) is 0 Å². The lowest BCUT2D eigenvalue weighted by Crippen LogP contribution is -2.00. The SMILES string of the molecule is N#Cc1cccc(-c2cc(-c3ccc(-c4nc(-c5ccccc5)nc(-c5ccccc5)n4)cc3)cc3ccccc23)c1. The number of benzene rings is 6. The summed E-state index contributed by atoms with van der Waals surface area (Å²) in [6.07, 6.45) is 0. The Morgan fingerprint density at radius 3 is 1.55 bits per heavy atom. The van der Waals surface area contributed by atoms with Crippen molar-refractivity contribution < 1.29 is 0 Å². The molecule has 7 aromatic rings. The van der Waals surface area contributed by atoms with Crippen LogP contribution in [0.5, 0.6) is 0 Å². The Morgan fingerprint density at radius 1 is 0.405 bits per heavy atom. The van der Waals surface area contributed by atoms with Gasteiger partial charge in [-0.25, -0.2) is 15.0 Å². The van der Waals surface area contributed by atoms with Crippen LogP contribution in [0.25, 0.3) is 67.2 Å². The van der Waals surface area contributed by atoms with Crippen LogP contribution in [-0.2, 0) is 0 Å². The fourth-order valence-electron chi connectivity index (χ4n) is 5.22.